The van der Waals surface area contributed by atoms with Gasteiger partial charge in [0, 0.05) is 19.1 Å². The molecule has 12 heteroatoms. The number of halogens is 1. The van der Waals surface area contributed by atoms with Crippen molar-refractivity contribution in [3.8, 4) is 0 Å². The molecule has 1 aromatic heterocycles. The van der Waals surface area contributed by atoms with Crippen LogP contribution in [0.3, 0.4) is 0 Å². The lowest BCUT2D eigenvalue weighted by atomic mass is 10.1. The lowest BCUT2D eigenvalue weighted by Gasteiger charge is -2.10. The van der Waals surface area contributed by atoms with Gasteiger partial charge in [-0.15, -0.1) is 0 Å². The van der Waals surface area contributed by atoms with Crippen LogP contribution in [-0.4, -0.2) is 63.8 Å². The minimum absolute atomic E-state index is 0.0631. The van der Waals surface area contributed by atoms with Crippen molar-refractivity contribution in [1.29, 1.82) is 0 Å². The molecule has 2 heterocycles. The first-order valence-corrected chi connectivity index (χ1v) is 11.4. The summed E-state index contributed by atoms with van der Waals surface area (Å²) in [6, 6.07) is 5.67. The van der Waals surface area contributed by atoms with Gasteiger partial charge in [0.1, 0.15) is 0 Å². The Morgan fingerprint density at radius 3 is 2.77 bits per heavy atom. The van der Waals surface area contributed by atoms with Gasteiger partial charge >= 0.3 is 0 Å². The Labute approximate surface area is 176 Å². The fraction of sp³-hybridized carbons (Fsp3) is 0.389. The number of hydrogen-bond donors (Lipinski definition) is 1. The number of oxime groups is 1. The number of carbonyl (C=O) groups is 1. The highest BCUT2D eigenvalue weighted by Gasteiger charge is 2.22. The minimum atomic E-state index is -3.52. The molecule has 0 unspecified atom stereocenters. The molecule has 9 nitrogen and oxygen atoms in total. The highest BCUT2D eigenvalue weighted by atomic mass is 32.2. The number of sulfone groups is 1. The van der Waals surface area contributed by atoms with Crippen molar-refractivity contribution in [2.45, 2.75) is 17.4 Å². The Bertz CT molecular complexity index is 1000. The van der Waals surface area contributed by atoms with Crippen LogP contribution in [-0.2, 0) is 28.9 Å². The molecule has 0 bridgehead atoms. The summed E-state index contributed by atoms with van der Waals surface area (Å²) in [6.07, 6.45) is 1.33. The van der Waals surface area contributed by atoms with E-state index in [9.17, 15) is 17.6 Å². The third kappa shape index (κ3) is 5.81. The molecule has 0 saturated carbocycles. The third-order valence-electron chi connectivity index (χ3n) is 4.14. The minimum Gasteiger partial charge on any atom is -0.389 e. The maximum atomic E-state index is 13.2. The summed E-state index contributed by atoms with van der Waals surface area (Å²) in [5.74, 6) is -0.830. The zero-order chi connectivity index (χ0) is 21.6. The summed E-state index contributed by atoms with van der Waals surface area (Å²) in [4.78, 5) is 22.0. The molecule has 1 N–H and O–H groups in total. The van der Waals surface area contributed by atoms with Gasteiger partial charge in [-0.2, -0.15) is 4.39 Å². The summed E-state index contributed by atoms with van der Waals surface area (Å²) in [5.41, 5.74) is 0.229. The predicted octanol–water partition coefficient (Wildman–Crippen LogP) is 1.85. The van der Waals surface area contributed by atoms with E-state index in [2.05, 4.69) is 15.5 Å². The van der Waals surface area contributed by atoms with E-state index in [1.807, 2.05) is 0 Å². The largest absolute Gasteiger partial charge is 0.389 e. The van der Waals surface area contributed by atoms with E-state index >= 15 is 0 Å². The van der Waals surface area contributed by atoms with E-state index < -0.39 is 20.9 Å². The third-order valence-corrected chi connectivity index (χ3v) is 6.53. The van der Waals surface area contributed by atoms with Crippen LogP contribution in [0.1, 0.15) is 12.0 Å². The van der Waals surface area contributed by atoms with Gasteiger partial charge in [-0.25, -0.2) is 13.4 Å². The average molecular weight is 458 g/mol. The molecule has 1 aliphatic heterocycles. The van der Waals surface area contributed by atoms with Crippen molar-refractivity contribution >= 4 is 37.9 Å². The zero-order valence-corrected chi connectivity index (χ0v) is 17.7. The molecule has 1 fully saturated rings. The maximum Gasteiger partial charge on any atom is 0.280 e. The van der Waals surface area contributed by atoms with Crippen LogP contribution < -0.4 is 5.32 Å². The number of amides is 1. The van der Waals surface area contributed by atoms with Crippen molar-refractivity contribution in [2.24, 2.45) is 5.16 Å². The molecule has 1 amide bonds. The van der Waals surface area contributed by atoms with Gasteiger partial charge in [0.25, 0.3) is 5.91 Å². The molecular weight excluding hydrogens is 437 g/mol. The van der Waals surface area contributed by atoms with Gasteiger partial charge in [0.05, 0.1) is 36.7 Å². The van der Waals surface area contributed by atoms with E-state index in [-0.39, 0.29) is 34.2 Å². The average Bonchev–Trinajstić information content (AvgIpc) is 3.39. The number of thiazole rings is 1. The number of ether oxygens (including phenoxy) is 2. The van der Waals surface area contributed by atoms with E-state index in [4.69, 9.17) is 14.3 Å². The molecule has 3 rings (SSSR count). The number of nitrogens with zero attached hydrogens (tertiary/aromatic N) is 2. The van der Waals surface area contributed by atoms with Crippen LogP contribution in [0.2, 0.25) is 0 Å². The number of rotatable bonds is 9. The smallest absolute Gasteiger partial charge is 0.280 e. The second-order valence-electron chi connectivity index (χ2n) is 6.29. The molecule has 1 saturated heterocycles. The molecule has 1 atom stereocenters. The number of carbonyl (C=O) groups excluding carboxylic acids is 1. The highest BCUT2D eigenvalue weighted by molar-refractivity contribution is 7.91. The number of hydrogen-bond acceptors (Lipinski definition) is 9. The standard InChI is InChI=1S/C18H20FN3O6S2/c1-26-8-9-30(24,25)14-4-2-12(3-5-14)16(22-28-13-6-7-27-11-13)17(23)21-18-20-10-15(19)29-18/h2-5,10,13H,6-9,11H2,1H3,(H,20,21,23)/t13-/m1/s1. The van der Waals surface area contributed by atoms with Crippen LogP contribution in [0.25, 0.3) is 0 Å². The Kier molecular flexibility index (Phi) is 7.48. The maximum absolute atomic E-state index is 13.2. The molecule has 30 heavy (non-hydrogen) atoms. The number of nitrogens with one attached hydrogen (secondary N) is 1. The molecular formula is C18H20FN3O6S2. The van der Waals surface area contributed by atoms with E-state index in [1.165, 1.54) is 31.4 Å². The second-order valence-corrected chi connectivity index (χ2v) is 9.38. The fourth-order valence-electron chi connectivity index (χ4n) is 2.55. The van der Waals surface area contributed by atoms with Crippen LogP contribution in [0.15, 0.2) is 40.5 Å². The summed E-state index contributed by atoms with van der Waals surface area (Å²) >= 11 is 0.669. The topological polar surface area (TPSA) is 116 Å². The first-order chi connectivity index (χ1) is 14.4. The quantitative estimate of drug-likeness (QED) is 0.451. The molecule has 162 valence electrons. The normalized spacial score (nSPS) is 17.1. The lowest BCUT2D eigenvalue weighted by molar-refractivity contribution is -0.110. The fourth-order valence-corrected chi connectivity index (χ4v) is 4.26. The van der Waals surface area contributed by atoms with Gasteiger partial charge in [0.2, 0.25) is 0 Å². The van der Waals surface area contributed by atoms with Crippen molar-refractivity contribution < 1.29 is 31.9 Å². The first-order valence-electron chi connectivity index (χ1n) is 8.95. The Hall–Kier alpha value is -2.41. The highest BCUT2D eigenvalue weighted by Crippen LogP contribution is 2.18. The van der Waals surface area contributed by atoms with Crippen molar-refractivity contribution in [2.75, 3.05) is 38.0 Å². The summed E-state index contributed by atoms with van der Waals surface area (Å²) in [6.45, 7) is 0.960. The van der Waals surface area contributed by atoms with Crippen molar-refractivity contribution in [1.82, 2.24) is 4.98 Å². The number of methoxy groups -OCH3 is 1. The Morgan fingerprint density at radius 2 is 2.17 bits per heavy atom. The van der Waals surface area contributed by atoms with E-state index in [1.54, 1.807) is 0 Å². The molecule has 1 aliphatic rings. The molecule has 2 aromatic rings. The monoisotopic (exact) mass is 457 g/mol. The van der Waals surface area contributed by atoms with Crippen LogP contribution in [0, 0.1) is 5.13 Å². The van der Waals surface area contributed by atoms with Crippen LogP contribution in [0.4, 0.5) is 9.52 Å². The van der Waals surface area contributed by atoms with Gasteiger partial charge < -0.3 is 14.3 Å². The second kappa shape index (κ2) is 10.1. The molecule has 1 aromatic carbocycles. The van der Waals surface area contributed by atoms with Crippen molar-refractivity contribution in [3.63, 3.8) is 0 Å². The summed E-state index contributed by atoms with van der Waals surface area (Å²) in [7, 11) is -2.10. The molecule has 0 radical (unpaired) electrons. The molecule has 0 aliphatic carbocycles. The zero-order valence-electron chi connectivity index (χ0n) is 16.0. The number of benzene rings is 1. The number of aromatic nitrogens is 1. The van der Waals surface area contributed by atoms with E-state index in [0.717, 1.165) is 6.20 Å². The van der Waals surface area contributed by atoms with Crippen molar-refractivity contribution in [3.05, 3.63) is 41.2 Å². The van der Waals surface area contributed by atoms with E-state index in [0.29, 0.717) is 36.5 Å². The summed E-state index contributed by atoms with van der Waals surface area (Å²) in [5, 5.41) is 5.94. The summed E-state index contributed by atoms with van der Waals surface area (Å²) < 4.78 is 47.8. The van der Waals surface area contributed by atoms with Crippen LogP contribution >= 0.6 is 11.3 Å². The van der Waals surface area contributed by atoms with Gasteiger partial charge in [0.15, 0.2) is 31.9 Å². The van der Waals surface area contributed by atoms with Gasteiger partial charge in [-0.3, -0.25) is 10.1 Å². The lowest BCUT2D eigenvalue weighted by Crippen LogP contribution is -2.25. The SMILES string of the molecule is COCCS(=O)(=O)c1ccc(C(=NO[C@@H]2CCOC2)C(=O)Nc2ncc(F)s2)cc1. The van der Waals surface area contributed by atoms with Gasteiger partial charge in [-0.1, -0.05) is 28.6 Å². The number of anilines is 1. The Morgan fingerprint density at radius 1 is 1.40 bits per heavy atom. The van der Waals surface area contributed by atoms with Gasteiger partial charge in [-0.05, 0) is 12.1 Å². The molecule has 0 spiro atoms. The first kappa shape index (κ1) is 22.3. The van der Waals surface area contributed by atoms with Crippen LogP contribution in [0.5, 0.6) is 0 Å². The predicted molar refractivity (Wildman–Crippen MR) is 108 cm³/mol. The Balaban J connectivity index is 1.83.